The summed E-state index contributed by atoms with van der Waals surface area (Å²) in [6, 6.07) is 3.50. The molecule has 0 fully saturated rings. The Morgan fingerprint density at radius 3 is 2.00 bits per heavy atom. The van der Waals surface area contributed by atoms with Gasteiger partial charge in [-0.1, -0.05) is 6.07 Å². The predicted octanol–water partition coefficient (Wildman–Crippen LogP) is 4.11. The van der Waals surface area contributed by atoms with Gasteiger partial charge in [-0.2, -0.15) is 0 Å². The number of hydrogen-bond acceptors (Lipinski definition) is 2. The highest BCUT2D eigenvalue weighted by Crippen LogP contribution is 2.30. The molecule has 1 aromatic heterocycles. The van der Waals surface area contributed by atoms with Crippen LogP contribution in [0, 0.1) is 29.1 Å². The van der Waals surface area contributed by atoms with E-state index in [0.717, 1.165) is 4.88 Å². The lowest BCUT2D eigenvalue weighted by Crippen LogP contribution is -2.12. The zero-order valence-corrected chi connectivity index (χ0v) is 10.8. The molecule has 0 saturated carbocycles. The van der Waals surface area contributed by atoms with E-state index in [-0.39, 0.29) is 12.8 Å². The Labute approximate surface area is 115 Å². The number of aryl methyl sites for hydroxylation is 1. The monoisotopic (exact) mass is 308 g/mol. The Kier molecular flexibility index (Phi) is 4.39. The van der Waals surface area contributed by atoms with Gasteiger partial charge in [-0.3, -0.25) is 0 Å². The van der Waals surface area contributed by atoms with Crippen LogP contribution in [0.4, 0.5) is 22.0 Å². The molecular formula is C13H9F5OS. The number of aliphatic hydroxyl groups is 1. The van der Waals surface area contributed by atoms with Crippen LogP contribution in [0.3, 0.4) is 0 Å². The third-order valence-corrected chi connectivity index (χ3v) is 3.76. The fourth-order valence-electron chi connectivity index (χ4n) is 1.79. The van der Waals surface area contributed by atoms with Gasteiger partial charge in [0.15, 0.2) is 23.3 Å². The predicted molar refractivity (Wildman–Crippen MR) is 63.8 cm³/mol. The van der Waals surface area contributed by atoms with Gasteiger partial charge in [0, 0.05) is 4.88 Å². The zero-order chi connectivity index (χ0) is 14.9. The van der Waals surface area contributed by atoms with Crippen LogP contribution >= 0.6 is 11.3 Å². The minimum Gasteiger partial charge on any atom is -0.388 e. The molecule has 0 aliphatic rings. The second kappa shape index (κ2) is 5.88. The van der Waals surface area contributed by atoms with Gasteiger partial charge < -0.3 is 5.11 Å². The SMILES string of the molecule is OC(CCc1cccs1)c1c(F)c(F)c(F)c(F)c1F. The van der Waals surface area contributed by atoms with E-state index in [1.165, 1.54) is 11.3 Å². The maximum atomic E-state index is 13.4. The summed E-state index contributed by atoms with van der Waals surface area (Å²) in [5.41, 5.74) is -1.18. The third-order valence-electron chi connectivity index (χ3n) is 2.82. The summed E-state index contributed by atoms with van der Waals surface area (Å²) >= 11 is 1.37. The topological polar surface area (TPSA) is 20.2 Å². The highest BCUT2D eigenvalue weighted by atomic mass is 32.1. The van der Waals surface area contributed by atoms with Gasteiger partial charge in [-0.25, -0.2) is 22.0 Å². The van der Waals surface area contributed by atoms with Gasteiger partial charge in [0.25, 0.3) is 0 Å². The van der Waals surface area contributed by atoms with Crippen LogP contribution < -0.4 is 0 Å². The Morgan fingerprint density at radius 2 is 1.50 bits per heavy atom. The number of thiophene rings is 1. The number of benzene rings is 1. The molecule has 108 valence electrons. The van der Waals surface area contributed by atoms with E-state index in [2.05, 4.69) is 0 Å². The average molecular weight is 308 g/mol. The van der Waals surface area contributed by atoms with Gasteiger partial charge in [-0.05, 0) is 24.3 Å². The van der Waals surface area contributed by atoms with Crippen molar-refractivity contribution in [2.45, 2.75) is 18.9 Å². The largest absolute Gasteiger partial charge is 0.388 e. The third kappa shape index (κ3) is 2.69. The Morgan fingerprint density at radius 1 is 0.950 bits per heavy atom. The summed E-state index contributed by atoms with van der Waals surface area (Å²) in [7, 11) is 0. The van der Waals surface area contributed by atoms with E-state index in [9.17, 15) is 27.1 Å². The first-order valence-corrected chi connectivity index (χ1v) is 6.53. The first kappa shape index (κ1) is 14.9. The number of halogens is 5. The lowest BCUT2D eigenvalue weighted by molar-refractivity contribution is 0.154. The summed E-state index contributed by atoms with van der Waals surface area (Å²) < 4.78 is 65.8. The molecule has 1 N–H and O–H groups in total. The number of aliphatic hydroxyl groups excluding tert-OH is 1. The van der Waals surface area contributed by atoms with Crippen LogP contribution in [-0.2, 0) is 6.42 Å². The molecule has 0 spiro atoms. The molecule has 0 bridgehead atoms. The fourth-order valence-corrected chi connectivity index (χ4v) is 2.52. The van der Waals surface area contributed by atoms with Crippen LogP contribution in [-0.4, -0.2) is 5.11 Å². The summed E-state index contributed by atoms with van der Waals surface area (Å²) in [6.45, 7) is 0. The fraction of sp³-hybridized carbons (Fsp3) is 0.231. The minimum absolute atomic E-state index is 0.140. The van der Waals surface area contributed by atoms with Crippen LogP contribution in [0.2, 0.25) is 0 Å². The van der Waals surface area contributed by atoms with Crippen molar-refractivity contribution >= 4 is 11.3 Å². The van der Waals surface area contributed by atoms with Crippen LogP contribution in [0.25, 0.3) is 0 Å². The molecule has 0 radical (unpaired) electrons. The Balaban J connectivity index is 2.27. The molecule has 0 aliphatic heterocycles. The normalized spacial score (nSPS) is 12.7. The quantitative estimate of drug-likeness (QED) is 0.512. The Bertz CT molecular complexity index is 583. The zero-order valence-electron chi connectivity index (χ0n) is 9.97. The summed E-state index contributed by atoms with van der Waals surface area (Å²) in [5, 5.41) is 11.5. The molecule has 1 atom stereocenters. The van der Waals surface area contributed by atoms with E-state index in [1.807, 2.05) is 0 Å². The molecule has 1 heterocycles. The van der Waals surface area contributed by atoms with Gasteiger partial charge in [0.2, 0.25) is 5.82 Å². The van der Waals surface area contributed by atoms with E-state index in [0.29, 0.717) is 0 Å². The Hall–Kier alpha value is -1.47. The van der Waals surface area contributed by atoms with Crippen molar-refractivity contribution in [3.63, 3.8) is 0 Å². The van der Waals surface area contributed by atoms with Crippen LogP contribution in [0.1, 0.15) is 23.0 Å². The second-order valence-electron chi connectivity index (χ2n) is 4.12. The van der Waals surface area contributed by atoms with Gasteiger partial charge in [0.05, 0.1) is 11.7 Å². The molecule has 0 aliphatic carbocycles. The van der Waals surface area contributed by atoms with E-state index in [1.54, 1.807) is 17.5 Å². The van der Waals surface area contributed by atoms with E-state index >= 15 is 0 Å². The molecule has 0 amide bonds. The highest BCUT2D eigenvalue weighted by molar-refractivity contribution is 7.09. The maximum Gasteiger partial charge on any atom is 0.200 e. The van der Waals surface area contributed by atoms with E-state index in [4.69, 9.17) is 0 Å². The molecule has 20 heavy (non-hydrogen) atoms. The lowest BCUT2D eigenvalue weighted by atomic mass is 10.0. The second-order valence-corrected chi connectivity index (χ2v) is 5.15. The minimum atomic E-state index is -2.23. The summed E-state index contributed by atoms with van der Waals surface area (Å²) in [6.07, 6.45) is -1.63. The molecule has 1 aromatic carbocycles. The van der Waals surface area contributed by atoms with Crippen molar-refractivity contribution in [1.82, 2.24) is 0 Å². The molecule has 2 rings (SSSR count). The molecule has 2 aromatic rings. The van der Waals surface area contributed by atoms with Crippen molar-refractivity contribution < 1.29 is 27.1 Å². The van der Waals surface area contributed by atoms with E-state index < -0.39 is 40.8 Å². The van der Waals surface area contributed by atoms with Crippen molar-refractivity contribution in [1.29, 1.82) is 0 Å². The molecule has 0 saturated heterocycles. The maximum absolute atomic E-state index is 13.4. The number of hydrogen-bond donors (Lipinski definition) is 1. The van der Waals surface area contributed by atoms with Gasteiger partial charge in [-0.15, -0.1) is 11.3 Å². The van der Waals surface area contributed by atoms with Gasteiger partial charge >= 0.3 is 0 Å². The molecule has 7 heteroatoms. The lowest BCUT2D eigenvalue weighted by Gasteiger charge is -2.14. The molecule has 1 nitrogen and oxygen atoms in total. The van der Waals surface area contributed by atoms with Crippen molar-refractivity contribution in [3.05, 3.63) is 57.0 Å². The molecule has 1 unspecified atom stereocenters. The number of rotatable bonds is 4. The van der Waals surface area contributed by atoms with Crippen molar-refractivity contribution in [2.75, 3.05) is 0 Å². The smallest absolute Gasteiger partial charge is 0.200 e. The average Bonchev–Trinajstić information content (AvgIpc) is 2.94. The van der Waals surface area contributed by atoms with Crippen LogP contribution in [0.5, 0.6) is 0 Å². The highest BCUT2D eigenvalue weighted by Gasteiger charge is 2.29. The van der Waals surface area contributed by atoms with Crippen LogP contribution in [0.15, 0.2) is 17.5 Å². The van der Waals surface area contributed by atoms with Crippen molar-refractivity contribution in [2.24, 2.45) is 0 Å². The standard InChI is InChI=1S/C13H9F5OS/c14-9-8(10(15)12(17)13(18)11(9)16)7(19)4-3-6-2-1-5-20-6/h1-2,5,7,19H,3-4H2. The summed E-state index contributed by atoms with van der Waals surface area (Å²) in [5.74, 6) is -10.3. The summed E-state index contributed by atoms with van der Waals surface area (Å²) in [4.78, 5) is 0.841. The van der Waals surface area contributed by atoms with Crippen molar-refractivity contribution in [3.8, 4) is 0 Å². The first-order valence-electron chi connectivity index (χ1n) is 5.65. The van der Waals surface area contributed by atoms with Gasteiger partial charge in [0.1, 0.15) is 0 Å². The molecular weight excluding hydrogens is 299 g/mol. The first-order chi connectivity index (χ1) is 9.43.